The highest BCUT2D eigenvalue weighted by Crippen LogP contribution is 2.11. The molecule has 0 fully saturated rings. The zero-order valence-electron chi connectivity index (χ0n) is 12.4. The van der Waals surface area contributed by atoms with E-state index in [0.29, 0.717) is 12.6 Å². The highest BCUT2D eigenvalue weighted by atomic mass is 16.5. The van der Waals surface area contributed by atoms with E-state index < -0.39 is 0 Å². The van der Waals surface area contributed by atoms with Crippen molar-refractivity contribution in [3.05, 3.63) is 48.3 Å². The molecule has 18 heavy (non-hydrogen) atoms. The van der Waals surface area contributed by atoms with Gasteiger partial charge in [0.25, 0.3) is 0 Å². The summed E-state index contributed by atoms with van der Waals surface area (Å²) in [5.74, 6) is 0.914. The van der Waals surface area contributed by atoms with Gasteiger partial charge >= 0.3 is 0 Å². The fourth-order valence-electron chi connectivity index (χ4n) is 1.71. The first-order valence-electron chi connectivity index (χ1n) is 6.48. The lowest BCUT2D eigenvalue weighted by Crippen LogP contribution is -2.24. The van der Waals surface area contributed by atoms with Crippen molar-refractivity contribution in [2.45, 2.75) is 33.2 Å². The molecule has 0 aliphatic carbocycles. The van der Waals surface area contributed by atoms with Gasteiger partial charge in [-0.3, -0.25) is 0 Å². The normalized spacial score (nSPS) is 15.2. The van der Waals surface area contributed by atoms with Gasteiger partial charge in [-0.15, -0.1) is 0 Å². The number of ether oxygens (including phenoxy) is 1. The number of likely N-dealkylation sites (N-methyl/N-ethyl adjacent to an activating group) is 1. The first kappa shape index (κ1) is 16.7. The minimum atomic E-state index is 0.479. The fraction of sp³-hybridized carbons (Fsp3) is 0.500. The largest absolute Gasteiger partial charge is 0.490 e. The summed E-state index contributed by atoms with van der Waals surface area (Å²) >= 11 is 0. The van der Waals surface area contributed by atoms with Crippen LogP contribution in [-0.2, 0) is 4.74 Å². The Kier molecular flexibility index (Phi) is 9.03. The molecule has 0 bridgehead atoms. The average Bonchev–Trinajstić information content (AvgIpc) is 2.33. The van der Waals surface area contributed by atoms with Gasteiger partial charge in [-0.1, -0.05) is 31.7 Å². The van der Waals surface area contributed by atoms with Gasteiger partial charge in [-0.2, -0.15) is 0 Å². The Morgan fingerprint density at radius 3 is 2.50 bits per heavy atom. The molecule has 1 unspecified atom stereocenters. The molecule has 0 aromatic carbocycles. The van der Waals surface area contributed by atoms with E-state index in [4.69, 9.17) is 4.74 Å². The van der Waals surface area contributed by atoms with Crippen LogP contribution < -0.4 is 0 Å². The molecule has 0 aromatic rings. The maximum Gasteiger partial charge on any atom is 0.118 e. The van der Waals surface area contributed by atoms with Crippen LogP contribution in [0.15, 0.2) is 48.3 Å². The monoisotopic (exact) mass is 249 g/mol. The fourth-order valence-corrected chi connectivity index (χ4v) is 1.71. The second-order valence-electron chi connectivity index (χ2n) is 4.42. The maximum absolute atomic E-state index is 5.72. The highest BCUT2D eigenvalue weighted by molar-refractivity contribution is 5.26. The Balaban J connectivity index is 4.28. The highest BCUT2D eigenvalue weighted by Gasteiger charge is 2.03. The summed E-state index contributed by atoms with van der Waals surface area (Å²) in [6.07, 6.45) is 11.1. The molecular formula is C16H27NO. The number of allylic oxidation sites excluding steroid dienone is 4. The van der Waals surface area contributed by atoms with E-state index in [1.54, 1.807) is 6.08 Å². The van der Waals surface area contributed by atoms with Crippen molar-refractivity contribution in [1.82, 2.24) is 4.90 Å². The van der Waals surface area contributed by atoms with Crippen molar-refractivity contribution in [2.75, 3.05) is 20.7 Å². The molecule has 0 aromatic heterocycles. The van der Waals surface area contributed by atoms with E-state index in [-0.39, 0.29) is 0 Å². The zero-order chi connectivity index (χ0) is 14.0. The summed E-state index contributed by atoms with van der Waals surface area (Å²) in [5, 5.41) is 0. The first-order valence-corrected chi connectivity index (χ1v) is 6.48. The summed E-state index contributed by atoms with van der Waals surface area (Å²) < 4.78 is 5.72. The first-order chi connectivity index (χ1) is 8.56. The van der Waals surface area contributed by atoms with E-state index in [1.165, 1.54) is 0 Å². The predicted octanol–water partition coefficient (Wildman–Crippen LogP) is 3.94. The van der Waals surface area contributed by atoms with Crippen LogP contribution in [0.1, 0.15) is 27.2 Å². The molecule has 1 atom stereocenters. The van der Waals surface area contributed by atoms with E-state index >= 15 is 0 Å². The molecule has 2 heteroatoms. The number of nitrogens with zero attached hydrogens (tertiary/aromatic N) is 1. The third kappa shape index (κ3) is 6.45. The van der Waals surface area contributed by atoms with Crippen LogP contribution in [0.3, 0.4) is 0 Å². The summed E-state index contributed by atoms with van der Waals surface area (Å²) in [7, 11) is 4.18. The van der Waals surface area contributed by atoms with Gasteiger partial charge in [-0.25, -0.2) is 0 Å². The van der Waals surface area contributed by atoms with Crippen LogP contribution in [0.4, 0.5) is 0 Å². The van der Waals surface area contributed by atoms with Gasteiger partial charge in [0.05, 0.1) is 0 Å². The molecule has 0 radical (unpaired) electrons. The zero-order valence-corrected chi connectivity index (χ0v) is 12.4. The predicted molar refractivity (Wildman–Crippen MR) is 80.6 cm³/mol. The topological polar surface area (TPSA) is 12.5 Å². The number of rotatable bonds is 8. The van der Waals surface area contributed by atoms with Crippen LogP contribution in [0.5, 0.6) is 0 Å². The molecule has 0 spiro atoms. The van der Waals surface area contributed by atoms with Crippen molar-refractivity contribution in [3.8, 4) is 0 Å². The third-order valence-corrected chi connectivity index (χ3v) is 2.79. The molecule has 0 saturated carbocycles. The molecule has 0 aliphatic heterocycles. The number of hydrogen-bond donors (Lipinski definition) is 0. The van der Waals surface area contributed by atoms with Gasteiger partial charge in [-0.05, 0) is 52.1 Å². The van der Waals surface area contributed by atoms with Gasteiger partial charge in [0.2, 0.25) is 0 Å². The van der Waals surface area contributed by atoms with Crippen molar-refractivity contribution in [2.24, 2.45) is 0 Å². The number of hydrogen-bond acceptors (Lipinski definition) is 2. The van der Waals surface area contributed by atoms with Crippen LogP contribution in [-0.4, -0.2) is 31.6 Å². The van der Waals surface area contributed by atoms with Crippen LogP contribution in [0, 0.1) is 0 Å². The lowest BCUT2D eigenvalue weighted by atomic mass is 10.2. The lowest BCUT2D eigenvalue weighted by molar-refractivity contribution is 0.254. The van der Waals surface area contributed by atoms with Crippen LogP contribution in [0.2, 0.25) is 0 Å². The average molecular weight is 249 g/mol. The molecule has 0 aliphatic rings. The Hall–Kier alpha value is -1.28. The van der Waals surface area contributed by atoms with Crippen molar-refractivity contribution in [3.63, 3.8) is 0 Å². The third-order valence-electron chi connectivity index (χ3n) is 2.79. The molecule has 0 N–H and O–H groups in total. The molecule has 2 nitrogen and oxygen atoms in total. The van der Waals surface area contributed by atoms with Crippen molar-refractivity contribution in [1.29, 1.82) is 0 Å². The molecule has 0 rings (SSSR count). The van der Waals surface area contributed by atoms with E-state index in [9.17, 15) is 0 Å². The summed E-state index contributed by atoms with van der Waals surface area (Å²) in [4.78, 5) is 2.20. The quantitative estimate of drug-likeness (QED) is 0.367. The minimum Gasteiger partial charge on any atom is -0.490 e. The Morgan fingerprint density at radius 1 is 1.39 bits per heavy atom. The lowest BCUT2D eigenvalue weighted by Gasteiger charge is -2.18. The van der Waals surface area contributed by atoms with E-state index in [1.807, 2.05) is 26.0 Å². The Labute approximate surface area is 112 Å². The summed E-state index contributed by atoms with van der Waals surface area (Å²) in [6, 6.07) is 0.479. The van der Waals surface area contributed by atoms with Gasteiger partial charge in [0, 0.05) is 6.04 Å². The smallest absolute Gasteiger partial charge is 0.118 e. The van der Waals surface area contributed by atoms with Gasteiger partial charge < -0.3 is 9.64 Å². The second-order valence-corrected chi connectivity index (χ2v) is 4.42. The summed E-state index contributed by atoms with van der Waals surface area (Å²) in [5.41, 5.74) is 1.10. The Bertz CT molecular complexity index is 324. The molecule has 102 valence electrons. The molecule has 0 amide bonds. The molecule has 0 saturated heterocycles. The van der Waals surface area contributed by atoms with Crippen molar-refractivity contribution >= 4 is 0 Å². The van der Waals surface area contributed by atoms with Gasteiger partial charge in [0.1, 0.15) is 12.4 Å². The van der Waals surface area contributed by atoms with E-state index in [0.717, 1.165) is 17.8 Å². The van der Waals surface area contributed by atoms with Crippen LogP contribution in [0.25, 0.3) is 0 Å². The minimum absolute atomic E-state index is 0.479. The summed E-state index contributed by atoms with van der Waals surface area (Å²) in [6.45, 7) is 10.5. The van der Waals surface area contributed by atoms with Gasteiger partial charge in [0.15, 0.2) is 0 Å². The maximum atomic E-state index is 5.72. The van der Waals surface area contributed by atoms with E-state index in [2.05, 4.69) is 44.6 Å². The molecule has 0 heterocycles. The standard InChI is InChI=1S/C16H27NO/c1-7-11-14(4)16(9-3)18-13-10-12-15(8-2)17(5)6/h7,9-12,15H,1,8,13H2,2-6H3/b12-10+,14-11-,16-9+. The second kappa shape index (κ2) is 9.72. The molecular weight excluding hydrogens is 222 g/mol. The SMILES string of the molecule is C=C/C=C(C)\C(=C/C)OC/C=C/C(CC)N(C)C. The Morgan fingerprint density at radius 2 is 2.06 bits per heavy atom. The van der Waals surface area contributed by atoms with Crippen LogP contribution >= 0.6 is 0 Å². The van der Waals surface area contributed by atoms with Crippen molar-refractivity contribution < 1.29 is 4.74 Å².